The minimum absolute atomic E-state index is 0.114. The summed E-state index contributed by atoms with van der Waals surface area (Å²) in [5.74, 6) is -0.836. The molecular weight excluding hydrogens is 280 g/mol. The highest BCUT2D eigenvalue weighted by atomic mass is 19.1. The lowest BCUT2D eigenvalue weighted by molar-refractivity contribution is -0.762. The second-order valence-corrected chi connectivity index (χ2v) is 6.08. The molecule has 0 spiro atoms. The zero-order valence-electron chi connectivity index (χ0n) is 13.4. The van der Waals surface area contributed by atoms with Crippen LogP contribution >= 0.6 is 0 Å². The lowest BCUT2D eigenvalue weighted by Gasteiger charge is -2.39. The molecule has 1 aliphatic rings. The summed E-state index contributed by atoms with van der Waals surface area (Å²) in [4.78, 5) is 0. The Balaban J connectivity index is 2.42. The van der Waals surface area contributed by atoms with Crippen molar-refractivity contribution in [3.8, 4) is 11.3 Å². The van der Waals surface area contributed by atoms with E-state index in [1.165, 1.54) is 6.07 Å². The molecule has 0 amide bonds. The summed E-state index contributed by atoms with van der Waals surface area (Å²) >= 11 is 0. The largest absolute Gasteiger partial charge is 0.216 e. The van der Waals surface area contributed by atoms with Gasteiger partial charge in [-0.1, -0.05) is 20.8 Å². The average molecular weight is 302 g/mol. The Kier molecular flexibility index (Phi) is 3.75. The van der Waals surface area contributed by atoms with E-state index in [-0.39, 0.29) is 11.5 Å². The summed E-state index contributed by atoms with van der Waals surface area (Å²) < 4.78 is 30.6. The molecule has 116 valence electrons. The first kappa shape index (κ1) is 15.1. The lowest BCUT2D eigenvalue weighted by atomic mass is 9.69. The van der Waals surface area contributed by atoms with Crippen LogP contribution in [0.25, 0.3) is 11.3 Å². The number of halogens is 2. The van der Waals surface area contributed by atoms with Crippen LogP contribution in [0.1, 0.15) is 51.5 Å². The van der Waals surface area contributed by atoms with E-state index in [1.54, 1.807) is 0 Å². The van der Waals surface area contributed by atoms with Gasteiger partial charge in [-0.2, -0.15) is 4.57 Å². The predicted molar refractivity (Wildman–Crippen MR) is 83.6 cm³/mol. The molecule has 1 aromatic carbocycles. The third-order valence-electron chi connectivity index (χ3n) is 5.34. The van der Waals surface area contributed by atoms with Crippen LogP contribution in [0.3, 0.4) is 0 Å². The van der Waals surface area contributed by atoms with Crippen molar-refractivity contribution in [2.75, 3.05) is 0 Å². The van der Waals surface area contributed by atoms with Crippen LogP contribution in [0.4, 0.5) is 8.78 Å². The van der Waals surface area contributed by atoms with Crippen molar-refractivity contribution in [2.45, 2.75) is 51.5 Å². The monoisotopic (exact) mass is 302 g/mol. The molecular formula is C19H22F2N+. The molecule has 3 heteroatoms. The number of nitrogens with zero attached hydrogens (tertiary/aromatic N) is 1. The summed E-state index contributed by atoms with van der Waals surface area (Å²) in [5, 5.41) is 0. The Morgan fingerprint density at radius 2 is 1.82 bits per heavy atom. The maximum absolute atomic E-state index is 14.5. The van der Waals surface area contributed by atoms with Crippen LogP contribution in [0.15, 0.2) is 36.5 Å². The fraction of sp³-hybridized carbons (Fsp3) is 0.421. The second-order valence-electron chi connectivity index (χ2n) is 6.08. The Hall–Kier alpha value is -1.77. The molecule has 0 fully saturated rings. The molecule has 1 aromatic heterocycles. The third-order valence-corrected chi connectivity index (χ3v) is 5.34. The maximum Gasteiger partial charge on any atom is 0.216 e. The van der Waals surface area contributed by atoms with Gasteiger partial charge in [-0.15, -0.1) is 0 Å². The Bertz CT molecular complexity index is 705. The molecule has 3 rings (SSSR count). The molecule has 22 heavy (non-hydrogen) atoms. The van der Waals surface area contributed by atoms with E-state index in [0.717, 1.165) is 36.6 Å². The minimum Gasteiger partial charge on any atom is -0.207 e. The van der Waals surface area contributed by atoms with Gasteiger partial charge in [0, 0.05) is 37.0 Å². The fourth-order valence-corrected chi connectivity index (χ4v) is 4.31. The molecule has 1 atom stereocenters. The molecule has 2 aromatic rings. The van der Waals surface area contributed by atoms with Crippen LogP contribution < -0.4 is 4.57 Å². The second kappa shape index (κ2) is 5.45. The van der Waals surface area contributed by atoms with Crippen molar-refractivity contribution >= 4 is 0 Å². The molecule has 0 bridgehead atoms. The van der Waals surface area contributed by atoms with E-state index < -0.39 is 11.6 Å². The summed E-state index contributed by atoms with van der Waals surface area (Å²) in [7, 11) is 0. The van der Waals surface area contributed by atoms with Crippen LogP contribution in [0, 0.1) is 11.6 Å². The highest BCUT2D eigenvalue weighted by molar-refractivity contribution is 5.65. The Morgan fingerprint density at radius 1 is 1.09 bits per heavy atom. The quantitative estimate of drug-likeness (QED) is 0.707. The molecule has 0 saturated heterocycles. The first-order valence-corrected chi connectivity index (χ1v) is 8.09. The standard InChI is InChI=1S/C19H22F2N/c1-4-15-14-11-13(20)12-16(21)18(14)17-9-7-8-10-22(17)19(15,5-2)6-3/h7-12,15H,4-6H2,1-3H3/q+1. The molecule has 0 N–H and O–H groups in total. The highest BCUT2D eigenvalue weighted by Crippen LogP contribution is 2.47. The molecule has 1 aliphatic heterocycles. The van der Waals surface area contributed by atoms with Crippen LogP contribution in [-0.2, 0) is 5.54 Å². The van der Waals surface area contributed by atoms with Gasteiger partial charge in [0.2, 0.25) is 5.69 Å². The summed E-state index contributed by atoms with van der Waals surface area (Å²) in [6.07, 6.45) is 4.76. The number of pyridine rings is 1. The van der Waals surface area contributed by atoms with E-state index in [2.05, 4.69) is 25.3 Å². The van der Waals surface area contributed by atoms with Gasteiger partial charge in [0.1, 0.15) is 11.6 Å². The van der Waals surface area contributed by atoms with E-state index in [0.29, 0.717) is 5.56 Å². The Morgan fingerprint density at radius 3 is 2.45 bits per heavy atom. The number of benzene rings is 1. The first-order chi connectivity index (χ1) is 10.6. The van der Waals surface area contributed by atoms with Crippen molar-refractivity contribution in [2.24, 2.45) is 0 Å². The topological polar surface area (TPSA) is 3.88 Å². The van der Waals surface area contributed by atoms with Gasteiger partial charge in [0.15, 0.2) is 11.7 Å². The van der Waals surface area contributed by atoms with E-state index in [1.807, 2.05) is 24.4 Å². The fourth-order valence-electron chi connectivity index (χ4n) is 4.31. The van der Waals surface area contributed by atoms with Gasteiger partial charge in [-0.05, 0) is 24.1 Å². The predicted octanol–water partition coefficient (Wildman–Crippen LogP) is 4.94. The number of fused-ring (bicyclic) bond motifs is 3. The SMILES string of the molecule is CCC1c2cc(F)cc(F)c2-c2cccc[n+]2C1(CC)CC. The Labute approximate surface area is 130 Å². The van der Waals surface area contributed by atoms with Crippen molar-refractivity contribution < 1.29 is 13.3 Å². The van der Waals surface area contributed by atoms with Crippen LogP contribution in [0.5, 0.6) is 0 Å². The maximum atomic E-state index is 14.5. The smallest absolute Gasteiger partial charge is 0.207 e. The van der Waals surface area contributed by atoms with Crippen molar-refractivity contribution in [3.05, 3.63) is 53.7 Å². The number of hydrogen-bond donors (Lipinski definition) is 0. The summed E-state index contributed by atoms with van der Waals surface area (Å²) in [5.41, 5.74) is 2.10. The summed E-state index contributed by atoms with van der Waals surface area (Å²) in [6.45, 7) is 6.43. The average Bonchev–Trinajstić information content (AvgIpc) is 2.52. The van der Waals surface area contributed by atoms with Gasteiger partial charge >= 0.3 is 0 Å². The van der Waals surface area contributed by atoms with Gasteiger partial charge in [-0.3, -0.25) is 0 Å². The minimum atomic E-state index is -0.486. The van der Waals surface area contributed by atoms with Gasteiger partial charge in [-0.25, -0.2) is 8.78 Å². The molecule has 1 nitrogen and oxygen atoms in total. The van der Waals surface area contributed by atoms with Gasteiger partial charge in [0.25, 0.3) is 0 Å². The summed E-state index contributed by atoms with van der Waals surface area (Å²) in [6, 6.07) is 8.37. The van der Waals surface area contributed by atoms with Crippen molar-refractivity contribution in [3.63, 3.8) is 0 Å². The molecule has 2 heterocycles. The zero-order chi connectivity index (χ0) is 15.9. The molecule has 1 unspecified atom stereocenters. The van der Waals surface area contributed by atoms with Crippen LogP contribution in [0.2, 0.25) is 0 Å². The van der Waals surface area contributed by atoms with Crippen molar-refractivity contribution in [1.82, 2.24) is 0 Å². The normalized spacial score (nSPS) is 18.7. The first-order valence-electron chi connectivity index (χ1n) is 8.09. The van der Waals surface area contributed by atoms with E-state index in [4.69, 9.17) is 0 Å². The molecule has 0 saturated carbocycles. The lowest BCUT2D eigenvalue weighted by Crippen LogP contribution is -2.62. The number of hydrogen-bond acceptors (Lipinski definition) is 0. The van der Waals surface area contributed by atoms with E-state index in [9.17, 15) is 8.78 Å². The third kappa shape index (κ3) is 1.91. The molecule has 0 aliphatic carbocycles. The highest BCUT2D eigenvalue weighted by Gasteiger charge is 2.51. The van der Waals surface area contributed by atoms with Crippen LogP contribution in [-0.4, -0.2) is 0 Å². The number of rotatable bonds is 3. The molecule has 0 radical (unpaired) electrons. The van der Waals surface area contributed by atoms with Gasteiger partial charge < -0.3 is 0 Å². The van der Waals surface area contributed by atoms with Crippen molar-refractivity contribution in [1.29, 1.82) is 0 Å². The number of aromatic nitrogens is 1. The van der Waals surface area contributed by atoms with E-state index >= 15 is 0 Å². The zero-order valence-corrected chi connectivity index (χ0v) is 13.4. The van der Waals surface area contributed by atoms with Gasteiger partial charge in [0.05, 0.1) is 5.56 Å².